The van der Waals surface area contributed by atoms with Gasteiger partial charge >= 0.3 is 0 Å². The Hall–Kier alpha value is -0.160. The van der Waals surface area contributed by atoms with E-state index in [0.717, 1.165) is 0 Å². The van der Waals surface area contributed by atoms with Crippen molar-refractivity contribution >= 4 is 0 Å². The molecular weight excluding hydrogens is 134 g/mol. The summed E-state index contributed by atoms with van der Waals surface area (Å²) in [7, 11) is 0. The van der Waals surface area contributed by atoms with Gasteiger partial charge in [-0.15, -0.1) is 0 Å². The Morgan fingerprint density at radius 3 is 2.00 bits per heavy atom. The third kappa shape index (κ3) is 4.69. The topological polar surface area (TPSA) is 72.7 Å². The molecule has 10 heavy (non-hydrogen) atoms. The molecule has 0 aromatic heterocycles. The predicted octanol–water partition coefficient (Wildman–Crippen LogP) is -1.34. The molecule has 0 aliphatic heterocycles. The molecule has 0 aromatic carbocycles. The minimum Gasteiger partial charge on any atom is -0.392 e. The normalized spacial score (nSPS) is 20.1. The minimum absolute atomic E-state index is 0.284. The van der Waals surface area contributed by atoms with Crippen molar-refractivity contribution < 1.29 is 15.3 Å². The van der Waals surface area contributed by atoms with Gasteiger partial charge in [0.1, 0.15) is 6.23 Å². The van der Waals surface area contributed by atoms with Crippen LogP contribution in [-0.4, -0.2) is 40.3 Å². The molecule has 4 heteroatoms. The molecule has 0 aromatic rings. The third-order valence-corrected chi connectivity index (χ3v) is 1.08. The highest BCUT2D eigenvalue weighted by Crippen LogP contribution is 1.86. The summed E-state index contributed by atoms with van der Waals surface area (Å²) < 4.78 is 0. The summed E-state index contributed by atoms with van der Waals surface area (Å²) in [5.74, 6) is 0. The van der Waals surface area contributed by atoms with Crippen molar-refractivity contribution in [3.8, 4) is 0 Å². The Morgan fingerprint density at radius 1 is 1.20 bits per heavy atom. The molecule has 0 saturated heterocycles. The van der Waals surface area contributed by atoms with Crippen LogP contribution in [0.3, 0.4) is 0 Å². The van der Waals surface area contributed by atoms with E-state index in [0.29, 0.717) is 0 Å². The molecule has 3 unspecified atom stereocenters. The average molecular weight is 149 g/mol. The molecule has 0 saturated carbocycles. The highest BCUT2D eigenvalue weighted by atomic mass is 16.3. The van der Waals surface area contributed by atoms with Crippen molar-refractivity contribution in [3.05, 3.63) is 0 Å². The van der Waals surface area contributed by atoms with Gasteiger partial charge in [-0.1, -0.05) is 0 Å². The molecule has 4 N–H and O–H groups in total. The number of rotatable bonds is 4. The lowest BCUT2D eigenvalue weighted by molar-refractivity contribution is 0.00270. The number of hydrogen-bond donors (Lipinski definition) is 4. The Bertz CT molecular complexity index is 85.1. The van der Waals surface area contributed by atoms with Crippen LogP contribution >= 0.6 is 0 Å². The molecule has 62 valence electrons. The van der Waals surface area contributed by atoms with Gasteiger partial charge < -0.3 is 15.3 Å². The maximum absolute atomic E-state index is 8.90. The van der Waals surface area contributed by atoms with Crippen LogP contribution in [0.25, 0.3) is 0 Å². The van der Waals surface area contributed by atoms with E-state index in [1.807, 2.05) is 0 Å². The van der Waals surface area contributed by atoms with E-state index in [9.17, 15) is 0 Å². The van der Waals surface area contributed by atoms with E-state index in [1.54, 1.807) is 6.92 Å². The van der Waals surface area contributed by atoms with E-state index in [-0.39, 0.29) is 6.54 Å². The lowest BCUT2D eigenvalue weighted by atomic mass is 10.3. The number of aliphatic hydroxyl groups is 3. The van der Waals surface area contributed by atoms with E-state index in [4.69, 9.17) is 15.3 Å². The Morgan fingerprint density at radius 2 is 1.70 bits per heavy atom. The molecule has 0 aliphatic carbocycles. The predicted molar refractivity (Wildman–Crippen MR) is 37.4 cm³/mol. The molecule has 0 amide bonds. The third-order valence-electron chi connectivity index (χ3n) is 1.08. The Balaban J connectivity index is 3.30. The van der Waals surface area contributed by atoms with Gasteiger partial charge in [-0.25, -0.2) is 0 Å². The zero-order chi connectivity index (χ0) is 8.15. The zero-order valence-electron chi connectivity index (χ0n) is 6.28. The fraction of sp³-hybridized carbons (Fsp3) is 1.00. The Labute approximate surface area is 60.5 Å². The molecule has 0 rings (SSSR count). The molecule has 4 nitrogen and oxygen atoms in total. The Kier molecular flexibility index (Phi) is 4.55. The van der Waals surface area contributed by atoms with Gasteiger partial charge in [-0.3, -0.25) is 5.32 Å². The lowest BCUT2D eigenvalue weighted by Gasteiger charge is -2.15. The number of hydrogen-bond acceptors (Lipinski definition) is 4. The summed E-state index contributed by atoms with van der Waals surface area (Å²) in [6.07, 6.45) is -2.26. The van der Waals surface area contributed by atoms with Crippen molar-refractivity contribution in [3.63, 3.8) is 0 Å². The first-order valence-electron chi connectivity index (χ1n) is 3.31. The number of aliphatic hydroxyl groups excluding tert-OH is 3. The van der Waals surface area contributed by atoms with Crippen molar-refractivity contribution in [2.24, 2.45) is 0 Å². The van der Waals surface area contributed by atoms with Crippen molar-refractivity contribution in [2.45, 2.75) is 32.3 Å². The summed E-state index contributed by atoms with van der Waals surface area (Å²) in [4.78, 5) is 0. The maximum atomic E-state index is 8.90. The van der Waals surface area contributed by atoms with Crippen molar-refractivity contribution in [1.29, 1.82) is 0 Å². The fourth-order valence-corrected chi connectivity index (χ4v) is 0.462. The van der Waals surface area contributed by atoms with Crippen LogP contribution in [-0.2, 0) is 0 Å². The fourth-order valence-electron chi connectivity index (χ4n) is 0.462. The molecule has 0 aliphatic rings. The van der Waals surface area contributed by atoms with Crippen LogP contribution in [0.4, 0.5) is 0 Å². The summed E-state index contributed by atoms with van der Waals surface area (Å²) in [5.41, 5.74) is 0. The summed E-state index contributed by atoms with van der Waals surface area (Å²) in [6, 6.07) is 0. The van der Waals surface area contributed by atoms with Gasteiger partial charge in [-0.2, -0.15) is 0 Å². The minimum atomic E-state index is -0.949. The molecule has 0 bridgehead atoms. The quantitative estimate of drug-likeness (QED) is 0.373. The highest BCUT2D eigenvalue weighted by molar-refractivity contribution is 4.61. The second-order valence-electron chi connectivity index (χ2n) is 2.44. The van der Waals surface area contributed by atoms with Gasteiger partial charge in [0, 0.05) is 6.54 Å². The SMILES string of the molecule is CC(O)CNC(O)C(C)O. The van der Waals surface area contributed by atoms with Crippen LogP contribution < -0.4 is 5.32 Å². The summed E-state index contributed by atoms with van der Waals surface area (Å²) in [6.45, 7) is 3.35. The standard InChI is InChI=1S/C6H15NO3/c1-4(8)3-7-6(10)5(2)9/h4-10H,3H2,1-2H3. The first-order chi connectivity index (χ1) is 4.54. The van der Waals surface area contributed by atoms with Gasteiger partial charge in [-0.05, 0) is 13.8 Å². The van der Waals surface area contributed by atoms with Gasteiger partial charge in [0.15, 0.2) is 0 Å². The van der Waals surface area contributed by atoms with Gasteiger partial charge in [0.25, 0.3) is 0 Å². The van der Waals surface area contributed by atoms with E-state index in [1.165, 1.54) is 6.92 Å². The highest BCUT2D eigenvalue weighted by Gasteiger charge is 2.09. The number of nitrogens with one attached hydrogen (secondary N) is 1. The van der Waals surface area contributed by atoms with E-state index < -0.39 is 18.4 Å². The summed E-state index contributed by atoms with van der Waals surface area (Å²) >= 11 is 0. The van der Waals surface area contributed by atoms with Crippen molar-refractivity contribution in [1.82, 2.24) is 5.32 Å². The van der Waals surface area contributed by atoms with Crippen LogP contribution in [0.2, 0.25) is 0 Å². The maximum Gasteiger partial charge on any atom is 0.130 e. The monoisotopic (exact) mass is 149 g/mol. The van der Waals surface area contributed by atoms with Gasteiger partial charge in [0.2, 0.25) is 0 Å². The zero-order valence-corrected chi connectivity index (χ0v) is 6.28. The molecular formula is C6H15NO3. The smallest absolute Gasteiger partial charge is 0.130 e. The van der Waals surface area contributed by atoms with Gasteiger partial charge in [0.05, 0.1) is 12.2 Å². The van der Waals surface area contributed by atoms with Crippen molar-refractivity contribution in [2.75, 3.05) is 6.54 Å². The van der Waals surface area contributed by atoms with Crippen LogP contribution in [0, 0.1) is 0 Å². The molecule has 3 atom stereocenters. The average Bonchev–Trinajstić information content (AvgIpc) is 1.82. The van der Waals surface area contributed by atoms with E-state index in [2.05, 4.69) is 5.32 Å². The second kappa shape index (κ2) is 4.62. The molecule has 0 spiro atoms. The molecule has 0 fully saturated rings. The first-order valence-corrected chi connectivity index (χ1v) is 3.31. The first kappa shape index (κ1) is 9.84. The van der Waals surface area contributed by atoms with Crippen LogP contribution in [0.15, 0.2) is 0 Å². The van der Waals surface area contributed by atoms with E-state index >= 15 is 0 Å². The largest absolute Gasteiger partial charge is 0.392 e. The van der Waals surface area contributed by atoms with Crippen LogP contribution in [0.5, 0.6) is 0 Å². The molecule has 0 heterocycles. The summed E-state index contributed by atoms with van der Waals surface area (Å²) in [5, 5.41) is 28.9. The second-order valence-corrected chi connectivity index (χ2v) is 2.44. The molecule has 0 radical (unpaired) electrons. The van der Waals surface area contributed by atoms with Crippen LogP contribution in [0.1, 0.15) is 13.8 Å². The lowest BCUT2D eigenvalue weighted by Crippen LogP contribution is -2.41.